The number of rotatable bonds is 2. The third-order valence-corrected chi connectivity index (χ3v) is 2.87. The number of hydrogen-bond acceptors (Lipinski definition) is 4. The Kier molecular flexibility index (Phi) is 2.53. The summed E-state index contributed by atoms with van der Waals surface area (Å²) in [6.07, 6.45) is 1.77. The molecule has 0 fully saturated rings. The maximum absolute atomic E-state index is 5.80. The first kappa shape index (κ1) is 10.9. The lowest BCUT2D eigenvalue weighted by molar-refractivity contribution is 0.782. The second kappa shape index (κ2) is 4.19. The lowest BCUT2D eigenvalue weighted by Gasteiger charge is -2.06. The zero-order valence-corrected chi connectivity index (χ0v) is 9.99. The van der Waals surface area contributed by atoms with Gasteiger partial charge in [-0.25, -0.2) is 4.98 Å². The summed E-state index contributed by atoms with van der Waals surface area (Å²) in [5.74, 6) is 0.744. The first-order valence-corrected chi connectivity index (χ1v) is 5.78. The van der Waals surface area contributed by atoms with E-state index in [1.165, 1.54) is 0 Å². The number of benzene rings is 1. The minimum absolute atomic E-state index is 0.0148. The van der Waals surface area contributed by atoms with Crippen LogP contribution in [0.2, 0.25) is 0 Å². The highest BCUT2D eigenvalue weighted by molar-refractivity contribution is 5.75. The van der Waals surface area contributed by atoms with Gasteiger partial charge < -0.3 is 5.73 Å². The van der Waals surface area contributed by atoms with E-state index in [9.17, 15) is 0 Å². The van der Waals surface area contributed by atoms with Gasteiger partial charge in [0.1, 0.15) is 5.52 Å². The van der Waals surface area contributed by atoms with Gasteiger partial charge in [0.05, 0.1) is 5.52 Å². The summed E-state index contributed by atoms with van der Waals surface area (Å²) < 4.78 is 1.72. The number of nitrogens with zero attached hydrogens (tertiary/aromatic N) is 4. The molecule has 0 aliphatic heterocycles. The molecule has 0 radical (unpaired) electrons. The van der Waals surface area contributed by atoms with Gasteiger partial charge in [-0.15, -0.1) is 5.10 Å². The number of hydrogen-bond donors (Lipinski definition) is 1. The fourth-order valence-corrected chi connectivity index (χ4v) is 1.83. The van der Waals surface area contributed by atoms with Crippen molar-refractivity contribution in [3.8, 4) is 5.82 Å². The van der Waals surface area contributed by atoms with E-state index in [0.29, 0.717) is 0 Å². The van der Waals surface area contributed by atoms with Crippen LogP contribution in [-0.2, 0) is 0 Å². The van der Waals surface area contributed by atoms with Crippen LogP contribution in [0.25, 0.3) is 16.9 Å². The molecule has 0 bridgehead atoms. The smallest absolute Gasteiger partial charge is 0.155 e. The zero-order chi connectivity index (χ0) is 12.5. The molecule has 2 N–H and O–H groups in total. The molecule has 3 rings (SSSR count). The molecular weight excluding hydrogens is 226 g/mol. The average Bonchev–Trinajstić information content (AvgIpc) is 2.82. The molecule has 5 heteroatoms. The van der Waals surface area contributed by atoms with Crippen LogP contribution in [0.4, 0.5) is 0 Å². The minimum atomic E-state index is -0.0148. The third kappa shape index (κ3) is 1.74. The Labute approximate surface area is 104 Å². The van der Waals surface area contributed by atoms with Crippen LogP contribution < -0.4 is 5.73 Å². The van der Waals surface area contributed by atoms with Gasteiger partial charge in [-0.3, -0.25) is 0 Å². The maximum atomic E-state index is 5.80. The molecule has 5 nitrogen and oxygen atoms in total. The summed E-state index contributed by atoms with van der Waals surface area (Å²) >= 11 is 0. The molecule has 18 heavy (non-hydrogen) atoms. The van der Waals surface area contributed by atoms with Gasteiger partial charge in [-0.1, -0.05) is 23.4 Å². The lowest BCUT2D eigenvalue weighted by atomic mass is 10.1. The topological polar surface area (TPSA) is 69.6 Å². The minimum Gasteiger partial charge on any atom is -0.324 e. The third-order valence-electron chi connectivity index (χ3n) is 2.87. The van der Waals surface area contributed by atoms with Crippen LogP contribution in [0, 0.1) is 0 Å². The van der Waals surface area contributed by atoms with Crippen LogP contribution in [0.15, 0.2) is 42.6 Å². The average molecular weight is 239 g/mol. The fourth-order valence-electron chi connectivity index (χ4n) is 1.83. The number of para-hydroxylation sites is 1. The molecule has 3 aromatic rings. The number of pyridine rings is 1. The summed E-state index contributed by atoms with van der Waals surface area (Å²) in [6, 6.07) is 11.6. The summed E-state index contributed by atoms with van der Waals surface area (Å²) in [6.45, 7) is 1.93. The summed E-state index contributed by atoms with van der Waals surface area (Å²) in [5.41, 5.74) is 8.60. The van der Waals surface area contributed by atoms with Crippen LogP contribution in [0.3, 0.4) is 0 Å². The van der Waals surface area contributed by atoms with Crippen LogP contribution in [0.5, 0.6) is 0 Å². The number of aromatic nitrogens is 4. The number of fused-ring (bicyclic) bond motifs is 1. The molecule has 2 aromatic heterocycles. The molecule has 0 aliphatic rings. The molecule has 1 atom stereocenters. The molecular formula is C13H13N5. The van der Waals surface area contributed by atoms with Gasteiger partial charge in [0.25, 0.3) is 0 Å². The Balaban J connectivity index is 2.09. The summed E-state index contributed by atoms with van der Waals surface area (Å²) in [4.78, 5) is 4.37. The van der Waals surface area contributed by atoms with Crippen molar-refractivity contribution in [2.45, 2.75) is 13.0 Å². The molecule has 1 unspecified atom stereocenters. The Bertz CT molecular complexity index is 669. The van der Waals surface area contributed by atoms with E-state index in [1.54, 1.807) is 10.9 Å². The Hall–Kier alpha value is -2.27. The Morgan fingerprint density at radius 1 is 1.17 bits per heavy atom. The van der Waals surface area contributed by atoms with E-state index >= 15 is 0 Å². The normalized spacial score (nSPS) is 12.8. The SMILES string of the molecule is CC(N)c1ccc(-n2nnc3ccccc32)nc1. The lowest BCUT2D eigenvalue weighted by Crippen LogP contribution is -2.06. The second-order valence-electron chi connectivity index (χ2n) is 4.23. The fraction of sp³-hybridized carbons (Fsp3) is 0.154. The van der Waals surface area contributed by atoms with Crippen molar-refractivity contribution < 1.29 is 0 Å². The molecule has 0 saturated carbocycles. The highest BCUT2D eigenvalue weighted by Gasteiger charge is 2.07. The molecule has 0 aliphatic carbocycles. The van der Waals surface area contributed by atoms with Gasteiger partial charge in [0.15, 0.2) is 5.82 Å². The number of nitrogens with two attached hydrogens (primary N) is 1. The van der Waals surface area contributed by atoms with Crippen molar-refractivity contribution >= 4 is 11.0 Å². The zero-order valence-electron chi connectivity index (χ0n) is 9.99. The predicted molar refractivity (Wildman–Crippen MR) is 69.3 cm³/mol. The van der Waals surface area contributed by atoms with E-state index in [1.807, 2.05) is 43.3 Å². The molecule has 90 valence electrons. The summed E-state index contributed by atoms with van der Waals surface area (Å²) in [7, 11) is 0. The Morgan fingerprint density at radius 3 is 2.72 bits per heavy atom. The van der Waals surface area contributed by atoms with E-state index < -0.39 is 0 Å². The van der Waals surface area contributed by atoms with Crippen molar-refractivity contribution in [1.82, 2.24) is 20.0 Å². The highest BCUT2D eigenvalue weighted by Crippen LogP contribution is 2.15. The first-order valence-electron chi connectivity index (χ1n) is 5.78. The van der Waals surface area contributed by atoms with Gasteiger partial charge in [0.2, 0.25) is 0 Å². The van der Waals surface area contributed by atoms with Crippen LogP contribution >= 0.6 is 0 Å². The molecule has 0 saturated heterocycles. The molecule has 0 amide bonds. The standard InChI is InChI=1S/C13H13N5/c1-9(14)10-6-7-13(15-8-10)18-12-5-3-2-4-11(12)16-17-18/h2-9H,14H2,1H3. The van der Waals surface area contributed by atoms with Crippen molar-refractivity contribution in [3.05, 3.63) is 48.2 Å². The molecule has 1 aromatic carbocycles. The van der Waals surface area contributed by atoms with E-state index in [2.05, 4.69) is 15.3 Å². The molecule has 0 spiro atoms. The van der Waals surface area contributed by atoms with Gasteiger partial charge in [0, 0.05) is 12.2 Å². The van der Waals surface area contributed by atoms with E-state index in [0.717, 1.165) is 22.4 Å². The second-order valence-corrected chi connectivity index (χ2v) is 4.23. The van der Waals surface area contributed by atoms with Crippen LogP contribution in [-0.4, -0.2) is 20.0 Å². The van der Waals surface area contributed by atoms with Crippen molar-refractivity contribution in [3.63, 3.8) is 0 Å². The van der Waals surface area contributed by atoms with Crippen LogP contribution in [0.1, 0.15) is 18.5 Å². The largest absolute Gasteiger partial charge is 0.324 e. The van der Waals surface area contributed by atoms with E-state index in [4.69, 9.17) is 5.73 Å². The van der Waals surface area contributed by atoms with E-state index in [-0.39, 0.29) is 6.04 Å². The van der Waals surface area contributed by atoms with Gasteiger partial charge >= 0.3 is 0 Å². The van der Waals surface area contributed by atoms with Crippen molar-refractivity contribution in [2.75, 3.05) is 0 Å². The maximum Gasteiger partial charge on any atom is 0.155 e. The van der Waals surface area contributed by atoms with Gasteiger partial charge in [-0.2, -0.15) is 4.68 Å². The summed E-state index contributed by atoms with van der Waals surface area (Å²) in [5, 5.41) is 8.21. The predicted octanol–water partition coefficient (Wildman–Crippen LogP) is 1.84. The first-order chi connectivity index (χ1) is 8.75. The molecule has 2 heterocycles. The van der Waals surface area contributed by atoms with Crippen molar-refractivity contribution in [1.29, 1.82) is 0 Å². The quantitative estimate of drug-likeness (QED) is 0.740. The Morgan fingerprint density at radius 2 is 2.00 bits per heavy atom. The highest BCUT2D eigenvalue weighted by atomic mass is 15.4. The monoisotopic (exact) mass is 239 g/mol. The van der Waals surface area contributed by atoms with Crippen molar-refractivity contribution in [2.24, 2.45) is 5.73 Å². The van der Waals surface area contributed by atoms with Gasteiger partial charge in [-0.05, 0) is 30.7 Å².